The molecule has 6 aliphatic rings. The van der Waals surface area contributed by atoms with Crippen molar-refractivity contribution < 1.29 is 14.6 Å². The predicted octanol–water partition coefficient (Wildman–Crippen LogP) is 6.42. The molecule has 5 unspecified atom stereocenters. The molecule has 10 atom stereocenters. The fourth-order valence-electron chi connectivity index (χ4n) is 11.3. The zero-order chi connectivity index (χ0) is 27.2. The summed E-state index contributed by atoms with van der Waals surface area (Å²) in [5.74, 6) is 2.85. The summed E-state index contributed by atoms with van der Waals surface area (Å²) in [6, 6.07) is 0.757. The highest BCUT2D eigenvalue weighted by Crippen LogP contribution is 2.67. The highest BCUT2D eigenvalue weighted by Gasteiger charge is 2.65. The first-order valence-electron chi connectivity index (χ1n) is 17.2. The maximum absolute atomic E-state index is 13.0. The molecule has 0 aromatic carbocycles. The number of hydrogen-bond donors (Lipinski definition) is 1. The second-order valence-electron chi connectivity index (χ2n) is 15.3. The topological polar surface area (TPSA) is 53.0 Å². The Balaban J connectivity index is 1.26. The molecule has 2 saturated heterocycles. The first kappa shape index (κ1) is 28.5. The Hall–Kier alpha value is -0.650. The van der Waals surface area contributed by atoms with Crippen LogP contribution in [0, 0.1) is 34.5 Å². The number of fused-ring (bicyclic) bond motifs is 5. The number of rotatable bonds is 5. The van der Waals surface area contributed by atoms with Crippen LogP contribution >= 0.6 is 0 Å². The molecule has 1 N–H and O–H groups in total. The maximum atomic E-state index is 13.0. The first-order valence-corrected chi connectivity index (χ1v) is 17.2. The number of nitrogens with zero attached hydrogens (tertiary/aromatic N) is 2. The van der Waals surface area contributed by atoms with E-state index in [9.17, 15) is 9.90 Å². The van der Waals surface area contributed by atoms with Crippen LogP contribution in [-0.2, 0) is 9.53 Å². The molecule has 2 aliphatic heterocycles. The second kappa shape index (κ2) is 11.6. The molecule has 0 aromatic rings. The smallest absolute Gasteiger partial charge is 0.306 e. The summed E-state index contributed by atoms with van der Waals surface area (Å²) in [4.78, 5) is 18.4. The fraction of sp³-hybridized carbons (Fsp3) is 0.971. The molecule has 5 heteroatoms. The molecule has 0 amide bonds. The van der Waals surface area contributed by atoms with Crippen LogP contribution in [0.15, 0.2) is 0 Å². The lowest BCUT2D eigenvalue weighted by molar-refractivity contribution is -0.173. The van der Waals surface area contributed by atoms with E-state index in [0.29, 0.717) is 35.8 Å². The highest BCUT2D eigenvalue weighted by molar-refractivity contribution is 5.69. The van der Waals surface area contributed by atoms with Crippen molar-refractivity contribution in [2.45, 2.75) is 148 Å². The molecule has 0 spiro atoms. The largest absolute Gasteiger partial charge is 0.460 e. The van der Waals surface area contributed by atoms with Crippen LogP contribution in [0.25, 0.3) is 0 Å². The van der Waals surface area contributed by atoms with Crippen molar-refractivity contribution >= 4 is 5.97 Å². The van der Waals surface area contributed by atoms with Gasteiger partial charge in [-0.1, -0.05) is 40.0 Å². The van der Waals surface area contributed by atoms with Gasteiger partial charge in [-0.25, -0.2) is 0 Å². The summed E-state index contributed by atoms with van der Waals surface area (Å²) in [5.41, 5.74) is 0.436. The lowest BCUT2D eigenvalue weighted by atomic mass is 9.44. The summed E-state index contributed by atoms with van der Waals surface area (Å²) in [6.45, 7) is 12.0. The average molecular weight is 543 g/mol. The highest BCUT2D eigenvalue weighted by atomic mass is 16.5. The van der Waals surface area contributed by atoms with E-state index in [4.69, 9.17) is 4.74 Å². The third-order valence-electron chi connectivity index (χ3n) is 13.3. The van der Waals surface area contributed by atoms with Crippen LogP contribution in [0.2, 0.25) is 0 Å². The lowest BCUT2D eigenvalue weighted by Gasteiger charge is -2.62. The SMILES string of the molecule is CCCC(=O)OC1C(N2CCCCCC2)C[C@H]2[C@@H]3CCC4CC(O)C(N5CCCCC5)C[C@]4(C)[C@@H]3CC[C@]12C. The van der Waals surface area contributed by atoms with Crippen molar-refractivity contribution in [2.75, 3.05) is 26.2 Å². The standard InChI is InChI=1S/C34H58N2O3/c1-4-12-31(38)39-32-28(35-17-8-5-6-9-18-35)22-27-25-14-13-24-21-30(37)29(36-19-10-7-11-20-36)23-34(24,3)26(25)15-16-33(27,32)2/h24-30,32,37H,4-23H2,1-3H3/t24?,25-,26-,27+,28?,29?,30?,32?,33+,34+/m1/s1. The number of aliphatic hydroxyl groups is 1. The third-order valence-corrected chi connectivity index (χ3v) is 13.3. The molecule has 0 radical (unpaired) electrons. The number of aliphatic hydroxyl groups excluding tert-OH is 1. The van der Waals surface area contributed by atoms with E-state index in [1.807, 2.05) is 0 Å². The van der Waals surface area contributed by atoms with Crippen molar-refractivity contribution in [3.05, 3.63) is 0 Å². The van der Waals surface area contributed by atoms with Gasteiger partial charge in [-0.15, -0.1) is 0 Å². The first-order chi connectivity index (χ1) is 18.8. The van der Waals surface area contributed by atoms with Gasteiger partial charge in [0.15, 0.2) is 0 Å². The maximum Gasteiger partial charge on any atom is 0.306 e. The molecule has 0 bridgehead atoms. The van der Waals surface area contributed by atoms with Gasteiger partial charge >= 0.3 is 5.97 Å². The number of carbonyl (C=O) groups is 1. The van der Waals surface area contributed by atoms with E-state index in [-0.39, 0.29) is 23.6 Å². The molecule has 222 valence electrons. The number of ether oxygens (including phenoxy) is 1. The molecule has 39 heavy (non-hydrogen) atoms. The van der Waals surface area contributed by atoms with Gasteiger partial charge in [0.25, 0.3) is 0 Å². The van der Waals surface area contributed by atoms with E-state index in [1.54, 1.807) is 0 Å². The van der Waals surface area contributed by atoms with Crippen molar-refractivity contribution in [3.8, 4) is 0 Å². The average Bonchev–Trinajstić information content (AvgIpc) is 3.07. The third kappa shape index (κ3) is 5.13. The van der Waals surface area contributed by atoms with E-state index >= 15 is 0 Å². The van der Waals surface area contributed by atoms with Gasteiger partial charge in [0.1, 0.15) is 6.10 Å². The Labute approximate surface area is 238 Å². The van der Waals surface area contributed by atoms with Gasteiger partial charge in [0.2, 0.25) is 0 Å². The Morgan fingerprint density at radius 1 is 0.821 bits per heavy atom. The number of piperidine rings is 1. The van der Waals surface area contributed by atoms with Gasteiger partial charge < -0.3 is 9.84 Å². The summed E-state index contributed by atoms with van der Waals surface area (Å²) in [5, 5.41) is 11.3. The zero-order valence-corrected chi connectivity index (χ0v) is 25.4. The van der Waals surface area contributed by atoms with Crippen LogP contribution < -0.4 is 0 Å². The van der Waals surface area contributed by atoms with Gasteiger partial charge in [0, 0.05) is 23.9 Å². The van der Waals surface area contributed by atoms with Crippen molar-refractivity contribution in [3.63, 3.8) is 0 Å². The number of esters is 1. The van der Waals surface area contributed by atoms with E-state index < -0.39 is 0 Å². The van der Waals surface area contributed by atoms with Crippen LogP contribution in [0.5, 0.6) is 0 Å². The Morgan fingerprint density at radius 3 is 2.13 bits per heavy atom. The molecule has 4 saturated carbocycles. The minimum Gasteiger partial charge on any atom is -0.460 e. The van der Waals surface area contributed by atoms with Crippen LogP contribution in [-0.4, -0.2) is 71.3 Å². The van der Waals surface area contributed by atoms with Gasteiger partial charge in [-0.2, -0.15) is 0 Å². The van der Waals surface area contributed by atoms with Crippen LogP contribution in [0.3, 0.4) is 0 Å². The minimum atomic E-state index is -0.146. The van der Waals surface area contributed by atoms with Gasteiger partial charge in [-0.05, 0) is 132 Å². The van der Waals surface area contributed by atoms with Gasteiger partial charge in [-0.3, -0.25) is 14.6 Å². The van der Waals surface area contributed by atoms with E-state index in [0.717, 1.165) is 24.7 Å². The summed E-state index contributed by atoms with van der Waals surface area (Å²) in [6.07, 6.45) is 19.1. The van der Waals surface area contributed by atoms with Crippen LogP contribution in [0.1, 0.15) is 124 Å². The van der Waals surface area contributed by atoms with Gasteiger partial charge in [0.05, 0.1) is 6.10 Å². The normalized spacial score (nSPS) is 47.5. The predicted molar refractivity (Wildman–Crippen MR) is 156 cm³/mol. The second-order valence-corrected chi connectivity index (χ2v) is 15.3. The van der Waals surface area contributed by atoms with Crippen LogP contribution in [0.4, 0.5) is 0 Å². The summed E-state index contributed by atoms with van der Waals surface area (Å²) >= 11 is 0. The minimum absolute atomic E-state index is 0.0348. The number of hydrogen-bond acceptors (Lipinski definition) is 5. The quantitative estimate of drug-likeness (QED) is 0.406. The van der Waals surface area contributed by atoms with Crippen molar-refractivity contribution in [2.24, 2.45) is 34.5 Å². The Kier molecular flexibility index (Phi) is 8.44. The number of carbonyl (C=O) groups excluding carboxylic acids is 1. The van der Waals surface area contributed by atoms with Crippen molar-refractivity contribution in [1.29, 1.82) is 0 Å². The van der Waals surface area contributed by atoms with E-state index in [2.05, 4.69) is 30.6 Å². The van der Waals surface area contributed by atoms with Crippen molar-refractivity contribution in [1.82, 2.24) is 9.80 Å². The summed E-state index contributed by atoms with van der Waals surface area (Å²) < 4.78 is 6.53. The molecule has 5 nitrogen and oxygen atoms in total. The van der Waals surface area contributed by atoms with E-state index in [1.165, 1.54) is 110 Å². The number of likely N-dealkylation sites (tertiary alicyclic amines) is 2. The monoisotopic (exact) mass is 542 g/mol. The molecule has 6 fully saturated rings. The molecular formula is C34H58N2O3. The summed E-state index contributed by atoms with van der Waals surface area (Å²) in [7, 11) is 0. The molecule has 4 aliphatic carbocycles. The molecule has 0 aromatic heterocycles. The fourth-order valence-corrected chi connectivity index (χ4v) is 11.3. The Bertz CT molecular complexity index is 851. The lowest BCUT2D eigenvalue weighted by Crippen LogP contribution is -2.60. The Morgan fingerprint density at radius 2 is 1.46 bits per heavy atom. The zero-order valence-electron chi connectivity index (χ0n) is 25.4. The molecule has 6 rings (SSSR count). The molecule has 2 heterocycles. The molecular weight excluding hydrogens is 484 g/mol.